The number of amides is 1. The van der Waals surface area contributed by atoms with Gasteiger partial charge in [-0.15, -0.1) is 0 Å². The van der Waals surface area contributed by atoms with E-state index in [0.717, 1.165) is 24.8 Å². The van der Waals surface area contributed by atoms with E-state index in [-0.39, 0.29) is 60.0 Å². The normalized spacial score (nSPS) is 24.9. The van der Waals surface area contributed by atoms with Gasteiger partial charge in [-0.05, 0) is 50.9 Å². The summed E-state index contributed by atoms with van der Waals surface area (Å²) in [5.41, 5.74) is 0.447. The smallest absolute Gasteiger partial charge is 0.246 e. The zero-order valence-corrected chi connectivity index (χ0v) is 26.7. The molecule has 2 aliphatic heterocycles. The molecule has 46 heavy (non-hydrogen) atoms. The van der Waals surface area contributed by atoms with Gasteiger partial charge in [-0.1, -0.05) is 48.0 Å². The van der Waals surface area contributed by atoms with E-state index in [1.54, 1.807) is 11.0 Å². The predicted molar refractivity (Wildman–Crippen MR) is 167 cm³/mol. The molecule has 6 rings (SSSR count). The van der Waals surface area contributed by atoms with Crippen LogP contribution in [0.1, 0.15) is 63.3 Å². The van der Waals surface area contributed by atoms with Gasteiger partial charge < -0.3 is 18.9 Å². The SMILES string of the molecule is C=CC(=O)N1CC[C@H](Oc2cc(O[C@@H](C)[C@@H]3C[C@@H](F)CN3C)nc(-c3noc(C4(c5ccccc5Cl)CCC4)n3)n2)C[C@H]1CC#N. The third-order valence-electron chi connectivity index (χ3n) is 9.45. The number of hydrogen-bond donors (Lipinski definition) is 0. The van der Waals surface area contributed by atoms with Gasteiger partial charge in [0.15, 0.2) is 0 Å². The third-order valence-corrected chi connectivity index (χ3v) is 9.78. The Morgan fingerprint density at radius 1 is 1.26 bits per heavy atom. The van der Waals surface area contributed by atoms with Crippen LogP contribution in [0.4, 0.5) is 4.39 Å². The maximum Gasteiger partial charge on any atom is 0.246 e. The second-order valence-corrected chi connectivity index (χ2v) is 12.8. The Morgan fingerprint density at radius 3 is 2.72 bits per heavy atom. The molecule has 1 saturated carbocycles. The van der Waals surface area contributed by atoms with E-state index < -0.39 is 11.6 Å². The summed E-state index contributed by atoms with van der Waals surface area (Å²) in [6.45, 7) is 6.23. The molecule has 0 N–H and O–H groups in total. The summed E-state index contributed by atoms with van der Waals surface area (Å²) in [5, 5.41) is 14.3. The molecule has 1 aliphatic carbocycles. The van der Waals surface area contributed by atoms with Crippen LogP contribution in [0.25, 0.3) is 11.6 Å². The monoisotopic (exact) mass is 649 g/mol. The lowest BCUT2D eigenvalue weighted by Crippen LogP contribution is -2.48. The van der Waals surface area contributed by atoms with Crippen LogP contribution in [-0.4, -0.2) is 86.4 Å². The molecule has 3 aliphatic rings. The van der Waals surface area contributed by atoms with Crippen LogP contribution in [0, 0.1) is 11.3 Å². The molecule has 4 heterocycles. The second kappa shape index (κ2) is 13.3. The fraction of sp³-hybridized carbons (Fsp3) is 0.515. The molecule has 2 aromatic heterocycles. The topological polar surface area (TPSA) is 130 Å². The van der Waals surface area contributed by atoms with Crippen LogP contribution in [0.5, 0.6) is 11.8 Å². The fourth-order valence-corrected chi connectivity index (χ4v) is 7.21. The van der Waals surface area contributed by atoms with Gasteiger partial charge in [-0.2, -0.15) is 20.2 Å². The molecule has 5 atom stereocenters. The molecule has 11 nitrogen and oxygen atoms in total. The highest BCUT2D eigenvalue weighted by atomic mass is 35.5. The number of carbonyl (C=O) groups is 1. The van der Waals surface area contributed by atoms with E-state index in [0.29, 0.717) is 43.3 Å². The number of benzene rings is 1. The molecule has 2 saturated heterocycles. The molecular weight excluding hydrogens is 613 g/mol. The molecule has 0 spiro atoms. The average Bonchev–Trinajstić information content (AvgIpc) is 3.64. The van der Waals surface area contributed by atoms with Gasteiger partial charge in [0.05, 0.1) is 24.0 Å². The number of hydrogen-bond acceptors (Lipinski definition) is 10. The molecule has 1 amide bonds. The Bertz CT molecular complexity index is 1630. The highest BCUT2D eigenvalue weighted by Crippen LogP contribution is 2.50. The number of halogens is 2. The summed E-state index contributed by atoms with van der Waals surface area (Å²) in [6.07, 6.45) is 3.77. The second-order valence-electron chi connectivity index (χ2n) is 12.4. The van der Waals surface area contributed by atoms with E-state index in [4.69, 9.17) is 30.6 Å². The Kier molecular flexibility index (Phi) is 9.25. The minimum Gasteiger partial charge on any atom is -0.474 e. The van der Waals surface area contributed by atoms with E-state index in [9.17, 15) is 14.4 Å². The van der Waals surface area contributed by atoms with Gasteiger partial charge in [-0.3, -0.25) is 9.69 Å². The molecule has 0 unspecified atom stereocenters. The quantitative estimate of drug-likeness (QED) is 0.267. The van der Waals surface area contributed by atoms with Gasteiger partial charge in [0.1, 0.15) is 18.4 Å². The van der Waals surface area contributed by atoms with E-state index in [1.165, 1.54) is 6.08 Å². The lowest BCUT2D eigenvalue weighted by atomic mass is 9.64. The molecule has 0 radical (unpaired) electrons. The number of aromatic nitrogens is 4. The number of ether oxygens (including phenoxy) is 2. The number of likely N-dealkylation sites (tertiary alicyclic amines) is 2. The van der Waals surface area contributed by atoms with Crippen molar-refractivity contribution in [2.45, 2.75) is 87.7 Å². The first-order valence-electron chi connectivity index (χ1n) is 15.7. The summed E-state index contributed by atoms with van der Waals surface area (Å²) in [4.78, 5) is 30.0. The zero-order chi connectivity index (χ0) is 32.4. The van der Waals surface area contributed by atoms with Gasteiger partial charge in [0.25, 0.3) is 0 Å². The lowest BCUT2D eigenvalue weighted by molar-refractivity contribution is -0.130. The molecule has 242 valence electrons. The molecule has 0 bridgehead atoms. The lowest BCUT2D eigenvalue weighted by Gasteiger charge is -2.39. The van der Waals surface area contributed by atoms with Crippen molar-refractivity contribution in [3.63, 3.8) is 0 Å². The molecule has 13 heteroatoms. The van der Waals surface area contributed by atoms with Crippen molar-refractivity contribution >= 4 is 17.5 Å². The largest absolute Gasteiger partial charge is 0.474 e. The zero-order valence-electron chi connectivity index (χ0n) is 25.9. The van der Waals surface area contributed by atoms with E-state index in [2.05, 4.69) is 27.8 Å². The number of nitriles is 1. The first kappa shape index (κ1) is 31.9. The highest BCUT2D eigenvalue weighted by Gasteiger charge is 2.47. The Balaban J connectivity index is 1.30. The summed E-state index contributed by atoms with van der Waals surface area (Å²) in [5.74, 6) is 1.01. The highest BCUT2D eigenvalue weighted by molar-refractivity contribution is 6.31. The van der Waals surface area contributed by atoms with Crippen LogP contribution in [0.2, 0.25) is 5.02 Å². The molecular formula is C33H37ClFN7O4. The summed E-state index contributed by atoms with van der Waals surface area (Å²) in [6, 6.07) is 11.0. The van der Waals surface area contributed by atoms with Crippen LogP contribution in [-0.2, 0) is 10.2 Å². The first-order chi connectivity index (χ1) is 22.2. The van der Waals surface area contributed by atoms with Crippen molar-refractivity contribution in [1.82, 2.24) is 29.9 Å². The minimum atomic E-state index is -0.921. The van der Waals surface area contributed by atoms with Crippen molar-refractivity contribution < 1.29 is 23.2 Å². The van der Waals surface area contributed by atoms with Gasteiger partial charge in [0, 0.05) is 43.0 Å². The van der Waals surface area contributed by atoms with Gasteiger partial charge in [0.2, 0.25) is 35.2 Å². The average molecular weight is 650 g/mol. The number of rotatable bonds is 10. The van der Waals surface area contributed by atoms with E-state index in [1.807, 2.05) is 43.1 Å². The van der Waals surface area contributed by atoms with E-state index >= 15 is 0 Å². The predicted octanol–water partition coefficient (Wildman–Crippen LogP) is 5.30. The number of carbonyl (C=O) groups excluding carboxylic acids is 1. The van der Waals surface area contributed by atoms with Gasteiger partial charge >= 0.3 is 0 Å². The minimum absolute atomic E-state index is 0.137. The number of piperidine rings is 1. The number of nitrogens with zero attached hydrogens (tertiary/aromatic N) is 7. The van der Waals surface area contributed by atoms with Crippen molar-refractivity contribution in [3.8, 4) is 29.5 Å². The van der Waals surface area contributed by atoms with Crippen LogP contribution < -0.4 is 9.47 Å². The third kappa shape index (κ3) is 6.31. The van der Waals surface area contributed by atoms with Crippen molar-refractivity contribution in [2.75, 3.05) is 20.1 Å². The Morgan fingerprint density at radius 2 is 2.04 bits per heavy atom. The fourth-order valence-electron chi connectivity index (χ4n) is 6.89. The van der Waals surface area contributed by atoms with Crippen molar-refractivity contribution in [1.29, 1.82) is 5.26 Å². The summed E-state index contributed by atoms with van der Waals surface area (Å²) < 4.78 is 32.6. The van der Waals surface area contributed by atoms with Crippen LogP contribution in [0.15, 0.2) is 47.5 Å². The molecule has 3 aromatic rings. The standard InChI is InChI=1S/C33H37ClFN7O4/c1-4-29(43)42-15-11-23(17-22(42)10-14-36)45-28-18-27(44-20(2)26-16-21(35)19-41(26)3)37-30(38-28)31-39-32(46-40-31)33(12-7-13-33)24-8-5-6-9-25(24)34/h4-6,8-9,18,20-23,26H,1,7,10-13,15-17,19H2,2-3H3/t20-,21+,22+,23-,26-/m0/s1. The summed E-state index contributed by atoms with van der Waals surface area (Å²) in [7, 11) is 1.88. The van der Waals surface area contributed by atoms with Crippen molar-refractivity contribution in [2.24, 2.45) is 0 Å². The Hall–Kier alpha value is -4.08. The Labute approximate surface area is 272 Å². The number of likely N-dealkylation sites (N-methyl/N-ethyl adjacent to an activating group) is 1. The van der Waals surface area contributed by atoms with Crippen molar-refractivity contribution in [3.05, 3.63) is 59.5 Å². The van der Waals surface area contributed by atoms with Gasteiger partial charge in [-0.25, -0.2) is 4.39 Å². The maximum atomic E-state index is 14.2. The molecule has 3 fully saturated rings. The summed E-state index contributed by atoms with van der Waals surface area (Å²) >= 11 is 6.60. The number of alkyl halides is 1. The van der Waals surface area contributed by atoms with Crippen LogP contribution in [0.3, 0.4) is 0 Å². The maximum absolute atomic E-state index is 14.2. The van der Waals surface area contributed by atoms with Crippen LogP contribution >= 0.6 is 11.6 Å². The first-order valence-corrected chi connectivity index (χ1v) is 16.0. The molecule has 1 aromatic carbocycles.